The molecule has 4 rings (SSSR count). The molecule has 1 fully saturated rings. The number of phenols is 1. The molecule has 0 bridgehead atoms. The summed E-state index contributed by atoms with van der Waals surface area (Å²) in [5.41, 5.74) is 0.737. The second-order valence-corrected chi connectivity index (χ2v) is 8.12. The molecule has 3 aromatic carbocycles. The maximum absolute atomic E-state index is 13.1. The van der Waals surface area contributed by atoms with Gasteiger partial charge in [0.25, 0.3) is 17.7 Å². The number of hydrogen-bond acceptors (Lipinski definition) is 7. The van der Waals surface area contributed by atoms with Gasteiger partial charge in [0, 0.05) is 5.69 Å². The van der Waals surface area contributed by atoms with E-state index in [0.29, 0.717) is 11.3 Å². The van der Waals surface area contributed by atoms with Crippen LogP contribution in [0.15, 0.2) is 72.3 Å². The van der Waals surface area contributed by atoms with E-state index < -0.39 is 23.8 Å². The molecule has 5 amide bonds. The minimum atomic E-state index is -0.925. The number of imide groups is 2. The maximum Gasteiger partial charge on any atom is 0.335 e. The Morgan fingerprint density at radius 1 is 1.08 bits per heavy atom. The summed E-state index contributed by atoms with van der Waals surface area (Å²) in [5.74, 6) is -1.98. The fourth-order valence-electron chi connectivity index (χ4n) is 3.48. The van der Waals surface area contributed by atoms with Crippen LogP contribution in [0.25, 0.3) is 6.08 Å². The number of amides is 5. The number of aromatic hydroxyl groups is 1. The van der Waals surface area contributed by atoms with Crippen LogP contribution in [0, 0.1) is 0 Å². The predicted octanol–water partition coefficient (Wildman–Crippen LogP) is 3.74. The standard InChI is InChI=1S/C26H20ClN3O7/c1-36-21-13-15(12-20(27)23(21)37-14-22(32)28-16-5-3-2-4-6-16)11-19-24(33)29-26(35)30(25(19)34)17-7-9-18(31)10-8-17/h2-13,31H,14H2,1H3,(H,28,32)(H,29,33,35)/b19-11+. The molecule has 1 aliphatic heterocycles. The van der Waals surface area contributed by atoms with Crippen LogP contribution in [0.1, 0.15) is 5.56 Å². The number of urea groups is 1. The first kappa shape index (κ1) is 25.3. The summed E-state index contributed by atoms with van der Waals surface area (Å²) in [7, 11) is 1.36. The molecule has 1 saturated heterocycles. The molecule has 0 atom stereocenters. The third-order valence-electron chi connectivity index (χ3n) is 5.18. The summed E-state index contributed by atoms with van der Waals surface area (Å²) < 4.78 is 10.9. The molecule has 0 radical (unpaired) electrons. The number of nitrogens with one attached hydrogen (secondary N) is 2. The van der Waals surface area contributed by atoms with Crippen molar-refractivity contribution in [3.8, 4) is 17.2 Å². The number of carbonyl (C=O) groups excluding carboxylic acids is 4. The molecule has 3 aromatic rings. The summed E-state index contributed by atoms with van der Waals surface area (Å²) >= 11 is 6.37. The number of rotatable bonds is 7. The van der Waals surface area contributed by atoms with Gasteiger partial charge in [-0.15, -0.1) is 0 Å². The Bertz CT molecular complexity index is 1410. The van der Waals surface area contributed by atoms with E-state index in [0.717, 1.165) is 4.90 Å². The van der Waals surface area contributed by atoms with Crippen LogP contribution < -0.4 is 25.0 Å². The van der Waals surface area contributed by atoms with Gasteiger partial charge in [0.15, 0.2) is 18.1 Å². The molecule has 37 heavy (non-hydrogen) atoms. The number of ether oxygens (including phenoxy) is 2. The first-order chi connectivity index (χ1) is 17.8. The Labute approximate surface area is 216 Å². The van der Waals surface area contributed by atoms with Gasteiger partial charge in [-0.2, -0.15) is 0 Å². The smallest absolute Gasteiger partial charge is 0.335 e. The highest BCUT2D eigenvalue weighted by molar-refractivity contribution is 6.39. The molecule has 0 aliphatic carbocycles. The van der Waals surface area contributed by atoms with Crippen LogP contribution in [0.5, 0.6) is 17.2 Å². The van der Waals surface area contributed by atoms with E-state index in [4.69, 9.17) is 21.1 Å². The monoisotopic (exact) mass is 521 g/mol. The number of nitrogens with zero attached hydrogens (tertiary/aromatic N) is 1. The average Bonchev–Trinajstić information content (AvgIpc) is 2.87. The molecule has 0 spiro atoms. The zero-order chi connectivity index (χ0) is 26.5. The molecule has 188 valence electrons. The summed E-state index contributed by atoms with van der Waals surface area (Å²) in [6.07, 6.45) is 1.25. The Morgan fingerprint density at radius 2 is 1.78 bits per heavy atom. The van der Waals surface area contributed by atoms with Crippen LogP contribution in [0.4, 0.5) is 16.2 Å². The zero-order valence-corrected chi connectivity index (χ0v) is 20.1. The lowest BCUT2D eigenvalue weighted by Gasteiger charge is -2.26. The van der Waals surface area contributed by atoms with Gasteiger partial charge in [-0.25, -0.2) is 9.69 Å². The topological polar surface area (TPSA) is 134 Å². The van der Waals surface area contributed by atoms with Crippen LogP contribution in [-0.2, 0) is 14.4 Å². The normalized spacial score (nSPS) is 14.4. The average molecular weight is 522 g/mol. The van der Waals surface area contributed by atoms with Crippen molar-refractivity contribution in [3.05, 3.63) is 82.9 Å². The summed E-state index contributed by atoms with van der Waals surface area (Å²) in [4.78, 5) is 50.9. The van der Waals surface area contributed by atoms with Gasteiger partial charge in [-0.3, -0.25) is 19.7 Å². The van der Waals surface area contributed by atoms with Crippen molar-refractivity contribution in [3.63, 3.8) is 0 Å². The van der Waals surface area contributed by atoms with E-state index in [2.05, 4.69) is 10.6 Å². The second-order valence-electron chi connectivity index (χ2n) is 7.71. The number of halogens is 1. The van der Waals surface area contributed by atoms with Crippen LogP contribution in [0.3, 0.4) is 0 Å². The molecule has 0 unspecified atom stereocenters. The third-order valence-corrected chi connectivity index (χ3v) is 5.46. The van der Waals surface area contributed by atoms with Crippen molar-refractivity contribution in [1.82, 2.24) is 5.32 Å². The Balaban J connectivity index is 1.56. The van der Waals surface area contributed by atoms with Gasteiger partial charge in [-0.05, 0) is 60.2 Å². The quantitative estimate of drug-likeness (QED) is 0.318. The van der Waals surface area contributed by atoms with Crippen molar-refractivity contribution >= 4 is 52.8 Å². The highest BCUT2D eigenvalue weighted by Crippen LogP contribution is 2.37. The van der Waals surface area contributed by atoms with Crippen molar-refractivity contribution in [2.45, 2.75) is 0 Å². The summed E-state index contributed by atoms with van der Waals surface area (Å²) in [6, 6.07) is 16.1. The molecule has 11 heteroatoms. The number of para-hydroxylation sites is 1. The van der Waals surface area contributed by atoms with E-state index in [-0.39, 0.29) is 40.1 Å². The molecule has 1 aliphatic rings. The van der Waals surface area contributed by atoms with E-state index in [1.807, 2.05) is 6.07 Å². The van der Waals surface area contributed by atoms with Crippen molar-refractivity contribution in [1.29, 1.82) is 0 Å². The van der Waals surface area contributed by atoms with Gasteiger partial charge >= 0.3 is 6.03 Å². The molecular formula is C26H20ClN3O7. The number of benzene rings is 3. The lowest BCUT2D eigenvalue weighted by Crippen LogP contribution is -2.54. The summed E-state index contributed by atoms with van der Waals surface area (Å²) in [6.45, 7) is -0.351. The molecule has 0 saturated carbocycles. The third kappa shape index (κ3) is 5.71. The minimum absolute atomic E-state index is 0.0537. The van der Waals surface area contributed by atoms with Crippen LogP contribution in [-0.4, -0.2) is 42.6 Å². The number of barbiturate groups is 1. The van der Waals surface area contributed by atoms with Gasteiger partial charge in [0.2, 0.25) is 0 Å². The SMILES string of the molecule is COc1cc(/C=C2\C(=O)NC(=O)N(c3ccc(O)cc3)C2=O)cc(Cl)c1OCC(=O)Nc1ccccc1. The number of methoxy groups -OCH3 is 1. The fourth-order valence-corrected chi connectivity index (χ4v) is 3.75. The van der Waals surface area contributed by atoms with Crippen molar-refractivity contribution < 1.29 is 33.8 Å². The second kappa shape index (κ2) is 10.8. The molecular weight excluding hydrogens is 502 g/mol. The Hall–Kier alpha value is -4.83. The number of phenolic OH excluding ortho intramolecular Hbond substituents is 1. The molecule has 0 aromatic heterocycles. The highest BCUT2D eigenvalue weighted by Gasteiger charge is 2.36. The molecule has 3 N–H and O–H groups in total. The first-order valence-electron chi connectivity index (χ1n) is 10.8. The van der Waals surface area contributed by atoms with E-state index >= 15 is 0 Å². The van der Waals surface area contributed by atoms with Crippen molar-refractivity contribution in [2.24, 2.45) is 0 Å². The highest BCUT2D eigenvalue weighted by atomic mass is 35.5. The first-order valence-corrected chi connectivity index (χ1v) is 11.2. The van der Waals surface area contributed by atoms with Gasteiger partial charge in [-0.1, -0.05) is 29.8 Å². The number of anilines is 2. The molecule has 1 heterocycles. The van der Waals surface area contributed by atoms with Crippen molar-refractivity contribution in [2.75, 3.05) is 23.9 Å². The van der Waals surface area contributed by atoms with E-state index in [1.165, 1.54) is 49.6 Å². The molecule has 10 nitrogen and oxygen atoms in total. The van der Waals surface area contributed by atoms with Crippen LogP contribution >= 0.6 is 11.6 Å². The Kier molecular flexibility index (Phi) is 7.40. The number of hydrogen-bond donors (Lipinski definition) is 3. The summed E-state index contributed by atoms with van der Waals surface area (Å²) in [5, 5.41) is 14.3. The lowest BCUT2D eigenvalue weighted by molar-refractivity contribution is -0.122. The predicted molar refractivity (Wildman–Crippen MR) is 136 cm³/mol. The maximum atomic E-state index is 13.1. The van der Waals surface area contributed by atoms with Crippen LogP contribution in [0.2, 0.25) is 5.02 Å². The zero-order valence-electron chi connectivity index (χ0n) is 19.4. The fraction of sp³-hybridized carbons (Fsp3) is 0.0769. The van der Waals surface area contributed by atoms with E-state index in [1.54, 1.807) is 24.3 Å². The van der Waals surface area contributed by atoms with E-state index in [9.17, 15) is 24.3 Å². The minimum Gasteiger partial charge on any atom is -0.508 e. The lowest BCUT2D eigenvalue weighted by atomic mass is 10.1. The van der Waals surface area contributed by atoms with Gasteiger partial charge < -0.3 is 19.9 Å². The Morgan fingerprint density at radius 3 is 2.46 bits per heavy atom. The van der Waals surface area contributed by atoms with Gasteiger partial charge in [0.1, 0.15) is 11.3 Å². The van der Waals surface area contributed by atoms with Gasteiger partial charge in [0.05, 0.1) is 17.8 Å². The number of carbonyl (C=O) groups is 4. The largest absolute Gasteiger partial charge is 0.508 e.